The highest BCUT2D eigenvalue weighted by atomic mass is 19.1. The van der Waals surface area contributed by atoms with Crippen molar-refractivity contribution in [1.29, 1.82) is 0 Å². The molecule has 3 rings (SSSR count). The zero-order chi connectivity index (χ0) is 14.1. The van der Waals surface area contributed by atoms with Crippen LogP contribution in [0.5, 0.6) is 5.75 Å². The molecule has 2 aromatic carbocycles. The van der Waals surface area contributed by atoms with Gasteiger partial charge in [0.25, 0.3) is 0 Å². The number of aryl methyl sites for hydroxylation is 1. The number of phenols is 1. The van der Waals surface area contributed by atoms with Gasteiger partial charge in [-0.2, -0.15) is 0 Å². The van der Waals surface area contributed by atoms with Gasteiger partial charge in [-0.25, -0.2) is 14.4 Å². The van der Waals surface area contributed by atoms with Gasteiger partial charge in [-0.05, 0) is 36.8 Å². The number of para-hydroxylation sites is 1. The number of halogens is 1. The number of aromatic hydroxyl groups is 1. The van der Waals surface area contributed by atoms with Crippen LogP contribution < -0.4 is 5.32 Å². The third kappa shape index (κ3) is 2.14. The lowest BCUT2D eigenvalue weighted by Gasteiger charge is -2.10. The largest absolute Gasteiger partial charge is 0.506 e. The lowest BCUT2D eigenvalue weighted by Crippen LogP contribution is -1.97. The quantitative estimate of drug-likeness (QED) is 0.699. The van der Waals surface area contributed by atoms with E-state index in [9.17, 15) is 9.50 Å². The van der Waals surface area contributed by atoms with Gasteiger partial charge in [0.2, 0.25) is 0 Å². The molecule has 0 aliphatic carbocycles. The van der Waals surface area contributed by atoms with Crippen LogP contribution in [0.25, 0.3) is 10.9 Å². The summed E-state index contributed by atoms with van der Waals surface area (Å²) in [5, 5.41) is 13.4. The van der Waals surface area contributed by atoms with Gasteiger partial charge in [-0.1, -0.05) is 12.1 Å². The molecule has 0 bridgehead atoms. The van der Waals surface area contributed by atoms with E-state index in [2.05, 4.69) is 15.3 Å². The summed E-state index contributed by atoms with van der Waals surface area (Å²) >= 11 is 0. The summed E-state index contributed by atoms with van der Waals surface area (Å²) in [5.41, 5.74) is 1.77. The first kappa shape index (κ1) is 12.3. The minimum Gasteiger partial charge on any atom is -0.506 e. The van der Waals surface area contributed by atoms with Crippen molar-refractivity contribution in [1.82, 2.24) is 9.97 Å². The maximum absolute atomic E-state index is 13.7. The summed E-state index contributed by atoms with van der Waals surface area (Å²) in [6.45, 7) is 1.92. The summed E-state index contributed by atoms with van der Waals surface area (Å²) < 4.78 is 13.7. The van der Waals surface area contributed by atoms with E-state index in [-0.39, 0.29) is 11.3 Å². The molecule has 0 saturated carbocycles. The Labute approximate surface area is 114 Å². The van der Waals surface area contributed by atoms with E-state index in [0.29, 0.717) is 16.9 Å². The Balaban J connectivity index is 2.11. The number of nitrogens with zero attached hydrogens (tertiary/aromatic N) is 2. The number of fused-ring (bicyclic) bond motifs is 1. The summed E-state index contributed by atoms with van der Waals surface area (Å²) in [7, 11) is 0. The number of benzene rings is 2. The van der Waals surface area contributed by atoms with Gasteiger partial charge >= 0.3 is 0 Å². The van der Waals surface area contributed by atoms with Crippen LogP contribution in [-0.4, -0.2) is 15.1 Å². The van der Waals surface area contributed by atoms with Crippen LogP contribution >= 0.6 is 0 Å². The first-order valence-electron chi connectivity index (χ1n) is 6.11. The Morgan fingerprint density at radius 2 is 2.00 bits per heavy atom. The van der Waals surface area contributed by atoms with Crippen LogP contribution in [0.3, 0.4) is 0 Å². The Morgan fingerprint density at radius 1 is 1.15 bits per heavy atom. The van der Waals surface area contributed by atoms with E-state index in [1.54, 1.807) is 30.3 Å². The van der Waals surface area contributed by atoms with Gasteiger partial charge in [0.05, 0.1) is 5.69 Å². The number of nitrogens with one attached hydrogen (secondary N) is 1. The summed E-state index contributed by atoms with van der Waals surface area (Å²) in [6, 6.07) is 9.88. The number of rotatable bonds is 2. The van der Waals surface area contributed by atoms with Gasteiger partial charge in [0, 0.05) is 5.39 Å². The summed E-state index contributed by atoms with van der Waals surface area (Å²) in [4.78, 5) is 8.05. The zero-order valence-corrected chi connectivity index (χ0v) is 10.8. The number of aromatic nitrogens is 2. The monoisotopic (exact) mass is 269 g/mol. The molecule has 0 saturated heterocycles. The van der Waals surface area contributed by atoms with E-state index >= 15 is 0 Å². The highest BCUT2D eigenvalue weighted by Crippen LogP contribution is 2.30. The van der Waals surface area contributed by atoms with E-state index in [1.165, 1.54) is 12.4 Å². The van der Waals surface area contributed by atoms with Gasteiger partial charge in [-0.15, -0.1) is 0 Å². The van der Waals surface area contributed by atoms with Crippen LogP contribution in [0.1, 0.15) is 5.56 Å². The Morgan fingerprint density at radius 3 is 2.85 bits per heavy atom. The predicted octanol–water partition coefficient (Wildman–Crippen LogP) is 3.53. The fraction of sp³-hybridized carbons (Fsp3) is 0.0667. The topological polar surface area (TPSA) is 58.0 Å². The Hall–Kier alpha value is -2.69. The predicted molar refractivity (Wildman–Crippen MR) is 75.6 cm³/mol. The Bertz CT molecular complexity index is 789. The summed E-state index contributed by atoms with van der Waals surface area (Å²) in [6.07, 6.45) is 1.29. The number of anilines is 2. The molecule has 2 N–H and O–H groups in total. The minimum absolute atomic E-state index is 0.110. The molecular formula is C15H12FN3O. The molecule has 100 valence electrons. The third-order valence-corrected chi connectivity index (χ3v) is 3.02. The third-order valence-electron chi connectivity index (χ3n) is 3.02. The van der Waals surface area contributed by atoms with Crippen LogP contribution in [0.2, 0.25) is 0 Å². The van der Waals surface area contributed by atoms with Gasteiger partial charge in [0.1, 0.15) is 29.2 Å². The average Bonchev–Trinajstić information content (AvgIpc) is 2.44. The number of phenolic OH excluding ortho intramolecular Hbond substituents is 1. The highest BCUT2D eigenvalue weighted by molar-refractivity contribution is 5.91. The zero-order valence-electron chi connectivity index (χ0n) is 10.8. The average molecular weight is 269 g/mol. The molecule has 1 aromatic heterocycles. The molecule has 0 atom stereocenters. The molecule has 0 radical (unpaired) electrons. The van der Waals surface area contributed by atoms with Crippen LogP contribution in [0.15, 0.2) is 42.7 Å². The number of hydrogen-bond donors (Lipinski definition) is 2. The molecule has 4 nitrogen and oxygen atoms in total. The number of hydrogen-bond acceptors (Lipinski definition) is 4. The second kappa shape index (κ2) is 4.77. The lowest BCUT2D eigenvalue weighted by molar-refractivity contribution is 0.477. The molecule has 1 heterocycles. The first-order valence-corrected chi connectivity index (χ1v) is 6.11. The van der Waals surface area contributed by atoms with Crippen LogP contribution in [-0.2, 0) is 0 Å². The highest BCUT2D eigenvalue weighted by Gasteiger charge is 2.09. The molecule has 0 fully saturated rings. The van der Waals surface area contributed by atoms with Crippen molar-refractivity contribution in [3.05, 3.63) is 54.1 Å². The normalized spacial score (nSPS) is 10.7. The molecule has 20 heavy (non-hydrogen) atoms. The molecule has 0 amide bonds. The van der Waals surface area contributed by atoms with E-state index in [4.69, 9.17) is 0 Å². The first-order chi connectivity index (χ1) is 9.65. The molecule has 5 heteroatoms. The minimum atomic E-state index is -0.401. The van der Waals surface area contributed by atoms with Gasteiger partial charge < -0.3 is 10.4 Å². The van der Waals surface area contributed by atoms with Gasteiger partial charge in [-0.3, -0.25) is 0 Å². The lowest BCUT2D eigenvalue weighted by atomic mass is 10.2. The smallest absolute Gasteiger partial charge is 0.149 e. The fourth-order valence-corrected chi connectivity index (χ4v) is 2.03. The van der Waals surface area contributed by atoms with Crippen molar-refractivity contribution in [2.45, 2.75) is 6.92 Å². The van der Waals surface area contributed by atoms with Crippen molar-refractivity contribution in [3.63, 3.8) is 0 Å². The molecule has 0 spiro atoms. The van der Waals surface area contributed by atoms with Gasteiger partial charge in [0.15, 0.2) is 0 Å². The molecule has 0 unspecified atom stereocenters. The van der Waals surface area contributed by atoms with Crippen molar-refractivity contribution in [2.75, 3.05) is 5.32 Å². The van der Waals surface area contributed by atoms with Crippen LogP contribution in [0.4, 0.5) is 15.9 Å². The van der Waals surface area contributed by atoms with Crippen molar-refractivity contribution >= 4 is 22.4 Å². The maximum Gasteiger partial charge on any atom is 0.149 e. The van der Waals surface area contributed by atoms with Crippen molar-refractivity contribution in [2.24, 2.45) is 0 Å². The Kier molecular flexibility index (Phi) is 2.95. The molecular weight excluding hydrogens is 257 g/mol. The SMILES string of the molecule is Cc1ccc(O)c(Nc2ncnc3c(F)cccc23)c1. The van der Waals surface area contributed by atoms with Crippen molar-refractivity contribution in [3.8, 4) is 5.75 Å². The second-order valence-corrected chi connectivity index (χ2v) is 4.50. The summed E-state index contributed by atoms with van der Waals surface area (Å²) in [5.74, 6) is 0.163. The molecule has 0 aliphatic rings. The standard InChI is InChI=1S/C15H12FN3O/c1-9-5-6-13(20)12(7-9)19-15-10-3-2-4-11(16)14(10)17-8-18-15/h2-8,20H,1H3,(H,17,18,19). The van der Waals surface area contributed by atoms with Crippen molar-refractivity contribution < 1.29 is 9.50 Å². The maximum atomic E-state index is 13.7. The fourth-order valence-electron chi connectivity index (χ4n) is 2.03. The van der Waals surface area contributed by atoms with Crippen LogP contribution in [0, 0.1) is 12.7 Å². The molecule has 3 aromatic rings. The second-order valence-electron chi connectivity index (χ2n) is 4.50. The van der Waals surface area contributed by atoms with E-state index < -0.39 is 5.82 Å². The van der Waals surface area contributed by atoms with E-state index in [0.717, 1.165) is 5.56 Å². The molecule has 0 aliphatic heterocycles. The van der Waals surface area contributed by atoms with E-state index in [1.807, 2.05) is 6.92 Å².